The van der Waals surface area contributed by atoms with Crippen LogP contribution >= 0.6 is 0 Å². The summed E-state index contributed by atoms with van der Waals surface area (Å²) in [5, 5.41) is 0. The molecule has 0 bridgehead atoms. The number of allylic oxidation sites excluding steroid dienone is 11. The van der Waals surface area contributed by atoms with Crippen LogP contribution in [0.4, 0.5) is 0 Å². The molecule has 6 nitrogen and oxygen atoms in total. The van der Waals surface area contributed by atoms with Crippen LogP contribution in [0.5, 0.6) is 0 Å². The number of rotatable bonds is 53. The Balaban J connectivity index is 4.30. The van der Waals surface area contributed by atoms with Crippen molar-refractivity contribution in [1.82, 2.24) is 0 Å². The van der Waals surface area contributed by atoms with Crippen LogP contribution in [0.2, 0.25) is 0 Å². The van der Waals surface area contributed by atoms with Crippen LogP contribution in [0.3, 0.4) is 0 Å². The molecule has 0 aliphatic heterocycles. The van der Waals surface area contributed by atoms with Gasteiger partial charge in [-0.1, -0.05) is 273 Å². The van der Waals surface area contributed by atoms with Crippen molar-refractivity contribution >= 4 is 17.9 Å². The van der Waals surface area contributed by atoms with Gasteiger partial charge in [-0.25, -0.2) is 0 Å². The van der Waals surface area contributed by atoms with Crippen LogP contribution < -0.4 is 0 Å². The maximum Gasteiger partial charge on any atom is 0.310 e. The van der Waals surface area contributed by atoms with Gasteiger partial charge in [0.2, 0.25) is 0 Å². The first-order valence-corrected chi connectivity index (χ1v) is 29.4. The summed E-state index contributed by atoms with van der Waals surface area (Å²) >= 11 is 0. The van der Waals surface area contributed by atoms with Crippen molar-refractivity contribution in [3.63, 3.8) is 0 Å². The summed E-state index contributed by atoms with van der Waals surface area (Å²) in [6.07, 6.45) is 73.7. The van der Waals surface area contributed by atoms with Crippen LogP contribution in [-0.2, 0) is 28.6 Å². The molecule has 0 aromatic rings. The van der Waals surface area contributed by atoms with Crippen LogP contribution in [0.25, 0.3) is 0 Å². The first kappa shape index (κ1) is 65.8. The monoisotopic (exact) mass is 963 g/mol. The highest BCUT2D eigenvalue weighted by Crippen LogP contribution is 2.16. The van der Waals surface area contributed by atoms with E-state index in [9.17, 15) is 14.4 Å². The largest absolute Gasteiger partial charge is 0.462 e. The summed E-state index contributed by atoms with van der Waals surface area (Å²) in [6, 6.07) is 0. The molecule has 0 saturated heterocycles. The minimum absolute atomic E-state index is 0.0996. The molecule has 0 aliphatic rings. The van der Waals surface area contributed by atoms with Crippen molar-refractivity contribution in [2.75, 3.05) is 13.2 Å². The zero-order chi connectivity index (χ0) is 50.0. The molecule has 0 amide bonds. The Morgan fingerprint density at radius 3 is 0.942 bits per heavy atom. The Morgan fingerprint density at radius 1 is 0.319 bits per heavy atom. The first-order valence-electron chi connectivity index (χ1n) is 29.4. The maximum absolute atomic E-state index is 12.8. The molecule has 69 heavy (non-hydrogen) atoms. The molecule has 1 unspecified atom stereocenters. The first-order chi connectivity index (χ1) is 34.0. The summed E-state index contributed by atoms with van der Waals surface area (Å²) in [5.41, 5.74) is 0. The molecule has 0 fully saturated rings. The summed E-state index contributed by atoms with van der Waals surface area (Å²) in [7, 11) is 0. The SMILES string of the molecule is CC/C=C\C/C=C\C/C=C\C/C=C\C/C=C\CC(=O)OC(COC(=O)CCCCCCCCCCCCC)COC(=O)CCCCCCCCCCCCCCC/C=C\CCCCCCCCCC. The fourth-order valence-corrected chi connectivity index (χ4v) is 8.34. The molecule has 0 radical (unpaired) electrons. The van der Waals surface area contributed by atoms with E-state index in [1.807, 2.05) is 6.08 Å². The number of carbonyl (C=O) groups excluding carboxylic acids is 3. The van der Waals surface area contributed by atoms with Gasteiger partial charge in [0.15, 0.2) is 6.10 Å². The highest BCUT2D eigenvalue weighted by atomic mass is 16.6. The Labute approximate surface area is 427 Å². The second-order valence-electron chi connectivity index (χ2n) is 19.5. The Bertz CT molecular complexity index is 1290. The van der Waals surface area contributed by atoms with Gasteiger partial charge in [0, 0.05) is 12.8 Å². The Kier molecular flexibility index (Phi) is 54.8. The fraction of sp³-hybridized carbons (Fsp3) is 0.762. The van der Waals surface area contributed by atoms with Gasteiger partial charge >= 0.3 is 17.9 Å². The fourth-order valence-electron chi connectivity index (χ4n) is 8.34. The third kappa shape index (κ3) is 55.6. The van der Waals surface area contributed by atoms with Gasteiger partial charge in [0.05, 0.1) is 6.42 Å². The summed E-state index contributed by atoms with van der Waals surface area (Å²) in [5.74, 6) is -1.03. The average Bonchev–Trinajstić information content (AvgIpc) is 3.35. The minimum atomic E-state index is -0.827. The van der Waals surface area contributed by atoms with Crippen molar-refractivity contribution in [2.24, 2.45) is 0 Å². The van der Waals surface area contributed by atoms with Crippen molar-refractivity contribution in [3.05, 3.63) is 72.9 Å². The van der Waals surface area contributed by atoms with Crippen LogP contribution in [0.1, 0.15) is 290 Å². The average molecular weight is 964 g/mol. The van der Waals surface area contributed by atoms with E-state index in [0.29, 0.717) is 12.8 Å². The molecule has 0 aromatic carbocycles. The lowest BCUT2D eigenvalue weighted by molar-refractivity contribution is -0.166. The molecular weight excluding hydrogens is 853 g/mol. The number of esters is 3. The van der Waals surface area contributed by atoms with E-state index in [0.717, 1.165) is 70.6 Å². The summed E-state index contributed by atoms with van der Waals surface area (Å²) in [4.78, 5) is 38.0. The second kappa shape index (κ2) is 57.4. The molecule has 398 valence electrons. The van der Waals surface area contributed by atoms with E-state index in [1.54, 1.807) is 6.08 Å². The Hall–Kier alpha value is -3.15. The van der Waals surface area contributed by atoms with Gasteiger partial charge in [-0.3, -0.25) is 14.4 Å². The lowest BCUT2D eigenvalue weighted by Gasteiger charge is -2.18. The molecule has 0 aliphatic carbocycles. The van der Waals surface area contributed by atoms with E-state index in [2.05, 4.69) is 81.5 Å². The third-order valence-corrected chi connectivity index (χ3v) is 12.7. The lowest BCUT2D eigenvalue weighted by atomic mass is 10.0. The van der Waals surface area contributed by atoms with E-state index in [4.69, 9.17) is 14.2 Å². The van der Waals surface area contributed by atoms with Gasteiger partial charge in [-0.15, -0.1) is 0 Å². The summed E-state index contributed by atoms with van der Waals surface area (Å²) < 4.78 is 16.7. The quantitative estimate of drug-likeness (QED) is 0.0262. The van der Waals surface area contributed by atoms with Crippen molar-refractivity contribution in [3.8, 4) is 0 Å². The minimum Gasteiger partial charge on any atom is -0.462 e. The molecule has 0 N–H and O–H groups in total. The second-order valence-corrected chi connectivity index (χ2v) is 19.5. The van der Waals surface area contributed by atoms with Crippen molar-refractivity contribution < 1.29 is 28.6 Å². The molecule has 1 atom stereocenters. The van der Waals surface area contributed by atoms with E-state index < -0.39 is 12.1 Å². The van der Waals surface area contributed by atoms with Gasteiger partial charge in [-0.05, 0) is 70.6 Å². The maximum atomic E-state index is 12.8. The van der Waals surface area contributed by atoms with Crippen molar-refractivity contribution in [1.29, 1.82) is 0 Å². The summed E-state index contributed by atoms with van der Waals surface area (Å²) in [6.45, 7) is 6.46. The molecule has 0 heterocycles. The standard InChI is InChI=1S/C63H110O6/c1-4-7-10-13-16-19-22-24-26-27-28-29-30-31-32-33-34-35-37-38-41-44-47-50-53-56-62(65)68-59-60(58-67-61(64)55-52-49-46-43-40-21-18-15-12-9-6-3)69-63(66)57-54-51-48-45-42-39-36-25-23-20-17-14-11-8-5-2/h8,11,17,20,25,27-28,36,42,45,51,54,60H,4-7,9-10,12-16,18-19,21-24,26,29-35,37-41,43-44,46-50,52-53,55-59H2,1-3H3/b11-8-,20-17-,28-27-,36-25-,45-42-,54-51-. The van der Waals surface area contributed by atoms with Crippen LogP contribution in [0, 0.1) is 0 Å². The van der Waals surface area contributed by atoms with Crippen molar-refractivity contribution in [2.45, 2.75) is 297 Å². The van der Waals surface area contributed by atoms with Crippen LogP contribution in [-0.4, -0.2) is 37.2 Å². The highest BCUT2D eigenvalue weighted by molar-refractivity contribution is 5.72. The van der Waals surface area contributed by atoms with E-state index in [-0.39, 0.29) is 31.6 Å². The smallest absolute Gasteiger partial charge is 0.310 e. The number of hydrogen-bond acceptors (Lipinski definition) is 6. The zero-order valence-corrected chi connectivity index (χ0v) is 45.6. The molecule has 6 heteroatoms. The van der Waals surface area contributed by atoms with E-state index in [1.165, 1.54) is 180 Å². The molecule has 0 spiro atoms. The van der Waals surface area contributed by atoms with Gasteiger partial charge in [0.1, 0.15) is 13.2 Å². The zero-order valence-electron chi connectivity index (χ0n) is 45.6. The van der Waals surface area contributed by atoms with Gasteiger partial charge in [-0.2, -0.15) is 0 Å². The lowest BCUT2D eigenvalue weighted by Crippen LogP contribution is -2.30. The van der Waals surface area contributed by atoms with Crippen LogP contribution in [0.15, 0.2) is 72.9 Å². The molecular formula is C63H110O6. The normalized spacial score (nSPS) is 12.6. The predicted molar refractivity (Wildman–Crippen MR) is 298 cm³/mol. The van der Waals surface area contributed by atoms with E-state index >= 15 is 0 Å². The number of hydrogen-bond donors (Lipinski definition) is 0. The molecule has 0 saturated carbocycles. The van der Waals surface area contributed by atoms with Gasteiger partial charge < -0.3 is 14.2 Å². The number of unbranched alkanes of at least 4 members (excludes halogenated alkanes) is 31. The predicted octanol–water partition coefficient (Wildman–Crippen LogP) is 19.8. The third-order valence-electron chi connectivity index (χ3n) is 12.7. The highest BCUT2D eigenvalue weighted by Gasteiger charge is 2.19. The van der Waals surface area contributed by atoms with Gasteiger partial charge in [0.25, 0.3) is 0 Å². The molecule has 0 rings (SSSR count). The Morgan fingerprint density at radius 2 is 0.609 bits per heavy atom. The number of ether oxygens (including phenoxy) is 3. The number of carbonyl (C=O) groups is 3. The topological polar surface area (TPSA) is 78.9 Å². The molecule has 0 aromatic heterocycles.